The Kier molecular flexibility index (Phi) is 3.72. The lowest BCUT2D eigenvalue weighted by molar-refractivity contribution is 0.0542. The van der Waals surface area contributed by atoms with Crippen LogP contribution in [0.25, 0.3) is 10.2 Å². The molecule has 0 aliphatic rings. The number of carbonyl (C=O) groups is 1. The molecule has 0 saturated heterocycles. The number of rotatable bonds is 4. The summed E-state index contributed by atoms with van der Waals surface area (Å²) in [5.74, 6) is -0.232. The Balaban J connectivity index is 1.98. The van der Waals surface area contributed by atoms with Gasteiger partial charge in [-0.3, -0.25) is 14.3 Å². The number of fused-ring (bicyclic) bond motifs is 1. The van der Waals surface area contributed by atoms with E-state index in [1.54, 1.807) is 0 Å². The van der Waals surface area contributed by atoms with Crippen LogP contribution in [0.3, 0.4) is 0 Å². The average molecular weight is 301 g/mol. The van der Waals surface area contributed by atoms with Crippen LogP contribution in [0.4, 0.5) is 0 Å². The zero-order valence-electron chi connectivity index (χ0n) is 11.8. The molecule has 3 aromatic rings. The van der Waals surface area contributed by atoms with Crippen molar-refractivity contribution in [2.75, 3.05) is 7.11 Å². The number of carbonyl (C=O) groups excluding carboxylic acids is 1. The molecule has 0 atom stereocenters. The monoisotopic (exact) mass is 301 g/mol. The van der Waals surface area contributed by atoms with Crippen LogP contribution in [0.15, 0.2) is 36.4 Å². The highest BCUT2D eigenvalue weighted by Crippen LogP contribution is 2.28. The van der Waals surface area contributed by atoms with E-state index in [0.717, 1.165) is 15.9 Å². The summed E-state index contributed by atoms with van der Waals surface area (Å²) in [5.41, 5.74) is 4.45. The van der Waals surface area contributed by atoms with E-state index in [1.165, 1.54) is 24.0 Å². The fraction of sp³-hybridized carbons (Fsp3) is 0.200. The number of nitrogens with one attached hydrogen (secondary N) is 1. The topological polar surface area (TPSA) is 56.1 Å². The Hall–Kier alpha value is -2.18. The molecule has 0 aliphatic carbocycles. The van der Waals surface area contributed by atoms with Crippen molar-refractivity contribution >= 4 is 27.5 Å². The van der Waals surface area contributed by atoms with Gasteiger partial charge in [-0.2, -0.15) is 5.10 Å². The highest BCUT2D eigenvalue weighted by atomic mass is 32.1. The summed E-state index contributed by atoms with van der Waals surface area (Å²) in [4.78, 5) is 18.1. The van der Waals surface area contributed by atoms with Crippen molar-refractivity contribution in [3.63, 3.8) is 0 Å². The lowest BCUT2D eigenvalue weighted by Gasteiger charge is -2.02. The normalized spacial score (nSPS) is 11.0. The Morgan fingerprint density at radius 2 is 2.14 bits per heavy atom. The molecule has 21 heavy (non-hydrogen) atoms. The standard InChI is InChI=1S/C15H15N3O2S/c1-10-12-8-13(14(19)17-20-2)21-15(12)18(16-10)9-11-6-4-3-5-7-11/h3-8H,9H2,1-2H3,(H,17,19). The smallest absolute Gasteiger partial charge is 0.277 e. The second kappa shape index (κ2) is 5.67. The summed E-state index contributed by atoms with van der Waals surface area (Å²) in [5, 5.41) is 5.57. The zero-order chi connectivity index (χ0) is 14.8. The molecular formula is C15H15N3O2S. The number of amides is 1. The van der Waals surface area contributed by atoms with E-state index in [-0.39, 0.29) is 5.91 Å². The molecule has 0 bridgehead atoms. The van der Waals surface area contributed by atoms with Gasteiger partial charge in [-0.05, 0) is 18.6 Å². The molecule has 2 heterocycles. The SMILES string of the molecule is CONC(=O)c1cc2c(C)nn(Cc3ccccc3)c2s1. The molecule has 1 aromatic carbocycles. The van der Waals surface area contributed by atoms with Gasteiger partial charge >= 0.3 is 0 Å². The van der Waals surface area contributed by atoms with Crippen LogP contribution in [-0.4, -0.2) is 22.8 Å². The summed E-state index contributed by atoms with van der Waals surface area (Å²) < 4.78 is 1.94. The Morgan fingerprint density at radius 3 is 2.86 bits per heavy atom. The van der Waals surface area contributed by atoms with Gasteiger partial charge in [-0.1, -0.05) is 30.3 Å². The minimum atomic E-state index is -0.232. The number of hydroxylamine groups is 1. The van der Waals surface area contributed by atoms with Gasteiger partial charge in [-0.15, -0.1) is 11.3 Å². The molecular weight excluding hydrogens is 286 g/mol. The molecule has 108 valence electrons. The van der Waals surface area contributed by atoms with Gasteiger partial charge in [0.1, 0.15) is 4.83 Å². The number of nitrogens with zero attached hydrogens (tertiary/aromatic N) is 2. The van der Waals surface area contributed by atoms with Gasteiger partial charge in [0.15, 0.2) is 0 Å². The number of hydrogen-bond acceptors (Lipinski definition) is 4. The fourth-order valence-electron chi connectivity index (χ4n) is 2.23. The average Bonchev–Trinajstić information content (AvgIpc) is 3.03. The molecule has 0 saturated carbocycles. The maximum absolute atomic E-state index is 11.8. The molecule has 0 unspecified atom stereocenters. The minimum absolute atomic E-state index is 0.232. The molecule has 2 aromatic heterocycles. The molecule has 0 fully saturated rings. The predicted molar refractivity (Wildman–Crippen MR) is 82.4 cm³/mol. The lowest BCUT2D eigenvalue weighted by atomic mass is 10.2. The number of aryl methyl sites for hydroxylation is 1. The first-order valence-electron chi connectivity index (χ1n) is 6.53. The van der Waals surface area contributed by atoms with E-state index < -0.39 is 0 Å². The Labute approximate surface area is 126 Å². The Bertz CT molecular complexity index is 777. The van der Waals surface area contributed by atoms with Gasteiger partial charge in [0.2, 0.25) is 0 Å². The summed E-state index contributed by atoms with van der Waals surface area (Å²) >= 11 is 1.42. The van der Waals surface area contributed by atoms with Crippen molar-refractivity contribution in [3.8, 4) is 0 Å². The molecule has 0 spiro atoms. The fourth-order valence-corrected chi connectivity index (χ4v) is 3.28. The van der Waals surface area contributed by atoms with Crippen LogP contribution in [-0.2, 0) is 11.4 Å². The predicted octanol–water partition coefficient (Wildman–Crippen LogP) is 2.75. The van der Waals surface area contributed by atoms with Crippen molar-refractivity contribution in [3.05, 3.63) is 52.5 Å². The van der Waals surface area contributed by atoms with Crippen molar-refractivity contribution in [1.82, 2.24) is 15.3 Å². The largest absolute Gasteiger partial charge is 0.284 e. The third kappa shape index (κ3) is 2.68. The van der Waals surface area contributed by atoms with Gasteiger partial charge < -0.3 is 0 Å². The molecule has 3 rings (SSSR count). The molecule has 6 heteroatoms. The van der Waals surface area contributed by atoms with Crippen LogP contribution in [0.2, 0.25) is 0 Å². The van der Waals surface area contributed by atoms with Gasteiger partial charge in [0.05, 0.1) is 24.2 Å². The Morgan fingerprint density at radius 1 is 1.38 bits per heavy atom. The first-order valence-corrected chi connectivity index (χ1v) is 7.35. The van der Waals surface area contributed by atoms with E-state index in [0.29, 0.717) is 11.4 Å². The lowest BCUT2D eigenvalue weighted by Crippen LogP contribution is -2.20. The second-order valence-electron chi connectivity index (χ2n) is 4.69. The van der Waals surface area contributed by atoms with Crippen molar-refractivity contribution in [2.45, 2.75) is 13.5 Å². The molecule has 0 radical (unpaired) electrons. The van der Waals surface area contributed by atoms with Crippen LogP contribution in [0.1, 0.15) is 20.9 Å². The highest BCUT2D eigenvalue weighted by Gasteiger charge is 2.16. The number of thiophene rings is 1. The zero-order valence-corrected chi connectivity index (χ0v) is 12.6. The number of aromatic nitrogens is 2. The van der Waals surface area contributed by atoms with Crippen molar-refractivity contribution in [2.24, 2.45) is 0 Å². The quantitative estimate of drug-likeness (QED) is 0.754. The van der Waals surface area contributed by atoms with Crippen LogP contribution >= 0.6 is 11.3 Å². The van der Waals surface area contributed by atoms with E-state index >= 15 is 0 Å². The maximum Gasteiger partial charge on any atom is 0.284 e. The second-order valence-corrected chi connectivity index (χ2v) is 5.72. The first kappa shape index (κ1) is 13.8. The maximum atomic E-state index is 11.8. The van der Waals surface area contributed by atoms with E-state index in [1.807, 2.05) is 35.9 Å². The van der Waals surface area contributed by atoms with Gasteiger partial charge in [-0.25, -0.2) is 5.48 Å². The van der Waals surface area contributed by atoms with Gasteiger partial charge in [0.25, 0.3) is 5.91 Å². The third-order valence-electron chi connectivity index (χ3n) is 3.20. The van der Waals surface area contributed by atoms with Crippen molar-refractivity contribution in [1.29, 1.82) is 0 Å². The number of benzene rings is 1. The molecule has 1 amide bonds. The summed E-state index contributed by atoms with van der Waals surface area (Å²) in [6.45, 7) is 2.64. The van der Waals surface area contributed by atoms with Gasteiger partial charge in [0, 0.05) is 5.39 Å². The van der Waals surface area contributed by atoms with E-state index in [9.17, 15) is 4.79 Å². The molecule has 5 nitrogen and oxygen atoms in total. The summed E-state index contributed by atoms with van der Waals surface area (Å²) in [7, 11) is 1.42. The minimum Gasteiger partial charge on any atom is -0.277 e. The summed E-state index contributed by atoms with van der Waals surface area (Å²) in [6, 6.07) is 12.0. The van der Waals surface area contributed by atoms with Crippen LogP contribution in [0, 0.1) is 6.92 Å². The third-order valence-corrected chi connectivity index (χ3v) is 4.35. The molecule has 1 N–H and O–H groups in total. The van der Waals surface area contributed by atoms with E-state index in [2.05, 4.69) is 27.5 Å². The van der Waals surface area contributed by atoms with E-state index in [4.69, 9.17) is 0 Å². The highest BCUT2D eigenvalue weighted by molar-refractivity contribution is 7.20. The summed E-state index contributed by atoms with van der Waals surface area (Å²) in [6.07, 6.45) is 0. The van der Waals surface area contributed by atoms with Crippen LogP contribution in [0.5, 0.6) is 0 Å². The first-order chi connectivity index (χ1) is 10.2. The molecule has 0 aliphatic heterocycles. The number of hydrogen-bond donors (Lipinski definition) is 1. The van der Waals surface area contributed by atoms with Crippen LogP contribution < -0.4 is 5.48 Å². The van der Waals surface area contributed by atoms with Crippen molar-refractivity contribution < 1.29 is 9.63 Å².